The number of likely N-dealkylation sites (tertiary alicyclic amines) is 1. The zero-order valence-electron chi connectivity index (χ0n) is 18.3. The van der Waals surface area contributed by atoms with Crippen molar-refractivity contribution < 1.29 is 9.53 Å². The minimum atomic E-state index is 0.157. The number of ether oxygens (including phenoxy) is 1. The van der Waals surface area contributed by atoms with E-state index in [-0.39, 0.29) is 5.91 Å². The molecule has 1 fully saturated rings. The van der Waals surface area contributed by atoms with Gasteiger partial charge in [0.2, 0.25) is 5.91 Å². The Morgan fingerprint density at radius 2 is 1.77 bits per heavy atom. The van der Waals surface area contributed by atoms with Crippen LogP contribution in [0.3, 0.4) is 0 Å². The van der Waals surface area contributed by atoms with Crippen LogP contribution in [0.2, 0.25) is 0 Å². The van der Waals surface area contributed by atoms with Crippen molar-refractivity contribution in [3.8, 4) is 5.75 Å². The Morgan fingerprint density at radius 3 is 2.53 bits per heavy atom. The van der Waals surface area contributed by atoms with Crippen molar-refractivity contribution in [3.63, 3.8) is 0 Å². The third kappa shape index (κ3) is 5.04. The molecule has 1 atom stereocenters. The van der Waals surface area contributed by atoms with E-state index in [1.807, 2.05) is 6.07 Å². The van der Waals surface area contributed by atoms with Crippen molar-refractivity contribution in [2.24, 2.45) is 5.92 Å². The number of hydrogen-bond donors (Lipinski definition) is 1. The molecule has 2 aliphatic rings. The first kappa shape index (κ1) is 20.9. The lowest BCUT2D eigenvalue weighted by Crippen LogP contribution is -2.36. The van der Waals surface area contributed by atoms with Gasteiger partial charge in [0.1, 0.15) is 5.75 Å². The lowest BCUT2D eigenvalue weighted by Gasteiger charge is -2.33. The van der Waals surface area contributed by atoms with E-state index in [0.29, 0.717) is 18.3 Å². The maximum atomic E-state index is 12.6. The van der Waals surface area contributed by atoms with Gasteiger partial charge in [0.05, 0.1) is 6.61 Å². The van der Waals surface area contributed by atoms with Crippen molar-refractivity contribution in [1.29, 1.82) is 0 Å². The molecule has 0 aliphatic carbocycles. The van der Waals surface area contributed by atoms with Crippen LogP contribution in [-0.4, -0.2) is 37.0 Å². The molecular weight excluding hydrogens is 372 g/mol. The summed E-state index contributed by atoms with van der Waals surface area (Å²) in [6.07, 6.45) is 5.17. The van der Waals surface area contributed by atoms with Gasteiger partial charge in [-0.3, -0.25) is 4.79 Å². The number of anilines is 1. The molecule has 1 unspecified atom stereocenters. The number of nitrogens with one attached hydrogen (secondary N) is 1. The first-order chi connectivity index (χ1) is 14.6. The van der Waals surface area contributed by atoms with E-state index in [2.05, 4.69) is 60.5 Å². The predicted octanol–water partition coefficient (Wildman–Crippen LogP) is 5.30. The average Bonchev–Trinajstić information content (AvgIpc) is 2.76. The molecule has 1 saturated heterocycles. The van der Waals surface area contributed by atoms with E-state index in [9.17, 15) is 4.79 Å². The Kier molecular flexibility index (Phi) is 6.73. The molecule has 4 heteroatoms. The minimum Gasteiger partial charge on any atom is -0.493 e. The van der Waals surface area contributed by atoms with Crippen molar-refractivity contribution in [1.82, 2.24) is 4.90 Å². The number of amides is 1. The maximum absolute atomic E-state index is 12.6. The van der Waals surface area contributed by atoms with E-state index >= 15 is 0 Å². The summed E-state index contributed by atoms with van der Waals surface area (Å²) < 4.78 is 5.80. The Balaban J connectivity index is 1.21. The number of carbonyl (C=O) groups excluding carboxylic acids is 1. The molecule has 4 rings (SSSR count). The highest BCUT2D eigenvalue weighted by molar-refractivity contribution is 5.92. The quantitative estimate of drug-likeness (QED) is 0.708. The van der Waals surface area contributed by atoms with Gasteiger partial charge in [0, 0.05) is 12.1 Å². The van der Waals surface area contributed by atoms with Gasteiger partial charge in [-0.25, -0.2) is 0 Å². The van der Waals surface area contributed by atoms with Crippen LogP contribution in [0.15, 0.2) is 42.5 Å². The summed E-state index contributed by atoms with van der Waals surface area (Å²) in [5, 5.41) is 3.15. The predicted molar refractivity (Wildman–Crippen MR) is 122 cm³/mol. The molecule has 1 amide bonds. The Morgan fingerprint density at radius 1 is 1.03 bits per heavy atom. The molecule has 0 saturated carbocycles. The number of para-hydroxylation sites is 2. The molecule has 30 heavy (non-hydrogen) atoms. The monoisotopic (exact) mass is 406 g/mol. The van der Waals surface area contributed by atoms with Gasteiger partial charge >= 0.3 is 0 Å². The third-order valence-corrected chi connectivity index (χ3v) is 6.80. The lowest BCUT2D eigenvalue weighted by molar-refractivity contribution is -0.117. The van der Waals surface area contributed by atoms with Crippen molar-refractivity contribution >= 4 is 11.6 Å². The topological polar surface area (TPSA) is 41.6 Å². The summed E-state index contributed by atoms with van der Waals surface area (Å²) in [4.78, 5) is 15.2. The molecule has 0 radical (unpaired) electrons. The summed E-state index contributed by atoms with van der Waals surface area (Å²) in [7, 11) is 0. The van der Waals surface area contributed by atoms with E-state index in [1.54, 1.807) is 0 Å². The fourth-order valence-corrected chi connectivity index (χ4v) is 4.93. The number of hydrogen-bond acceptors (Lipinski definition) is 3. The molecule has 0 bridgehead atoms. The largest absolute Gasteiger partial charge is 0.493 e. The van der Waals surface area contributed by atoms with E-state index in [1.165, 1.54) is 12.0 Å². The van der Waals surface area contributed by atoms with E-state index in [4.69, 9.17) is 4.74 Å². The van der Waals surface area contributed by atoms with Crippen LogP contribution in [-0.2, 0) is 4.79 Å². The van der Waals surface area contributed by atoms with Crippen LogP contribution in [0, 0.1) is 19.8 Å². The molecule has 2 aromatic rings. The van der Waals surface area contributed by atoms with Crippen LogP contribution in [0.25, 0.3) is 0 Å². The summed E-state index contributed by atoms with van der Waals surface area (Å²) in [6.45, 7) is 8.29. The van der Waals surface area contributed by atoms with Gasteiger partial charge in [-0.1, -0.05) is 36.4 Å². The molecule has 160 valence electrons. The summed E-state index contributed by atoms with van der Waals surface area (Å²) in [6, 6.07) is 14.6. The molecule has 0 spiro atoms. The number of fused-ring (bicyclic) bond motifs is 1. The number of piperidine rings is 1. The average molecular weight is 407 g/mol. The smallest absolute Gasteiger partial charge is 0.224 e. The Bertz CT molecular complexity index is 851. The Labute approximate surface area is 180 Å². The second-order valence-corrected chi connectivity index (χ2v) is 8.96. The first-order valence-corrected chi connectivity index (χ1v) is 11.4. The Hall–Kier alpha value is -2.33. The SMILES string of the molecule is Cc1cccc(C)c1NC(=O)CC1CCN(CCC2CCOc3ccccc32)CC1. The highest BCUT2D eigenvalue weighted by Crippen LogP contribution is 2.35. The molecule has 1 N–H and O–H groups in total. The van der Waals surface area contributed by atoms with Gasteiger partial charge in [-0.15, -0.1) is 0 Å². The number of aryl methyl sites for hydroxylation is 2. The summed E-state index contributed by atoms with van der Waals surface area (Å²) >= 11 is 0. The number of nitrogens with zero attached hydrogens (tertiary/aromatic N) is 1. The highest BCUT2D eigenvalue weighted by Gasteiger charge is 2.25. The standard InChI is InChI=1S/C26H34N2O2/c1-19-6-5-7-20(2)26(19)27-25(29)18-21-10-14-28(15-11-21)16-12-22-13-17-30-24-9-4-3-8-23(22)24/h3-9,21-22H,10-18H2,1-2H3,(H,27,29). The number of benzene rings is 2. The molecule has 4 nitrogen and oxygen atoms in total. The minimum absolute atomic E-state index is 0.157. The van der Waals surface area contributed by atoms with E-state index < -0.39 is 0 Å². The molecule has 2 aromatic carbocycles. The number of rotatable bonds is 6. The van der Waals surface area contributed by atoms with Gasteiger partial charge in [-0.05, 0) is 93.8 Å². The highest BCUT2D eigenvalue weighted by atomic mass is 16.5. The fraction of sp³-hybridized carbons (Fsp3) is 0.500. The van der Waals surface area contributed by atoms with Crippen molar-refractivity contribution in [2.75, 3.05) is 31.6 Å². The molecule has 0 aromatic heterocycles. The van der Waals surface area contributed by atoms with Gasteiger partial charge in [0.25, 0.3) is 0 Å². The second kappa shape index (κ2) is 9.65. The molecular formula is C26H34N2O2. The number of carbonyl (C=O) groups is 1. The normalized spacial score (nSPS) is 19.7. The second-order valence-electron chi connectivity index (χ2n) is 8.96. The molecule has 2 heterocycles. The van der Waals surface area contributed by atoms with Crippen molar-refractivity contribution in [2.45, 2.75) is 51.9 Å². The van der Waals surface area contributed by atoms with Gasteiger partial charge < -0.3 is 15.0 Å². The van der Waals surface area contributed by atoms with E-state index in [0.717, 1.165) is 68.1 Å². The summed E-state index contributed by atoms with van der Waals surface area (Å²) in [5.74, 6) is 2.33. The van der Waals surface area contributed by atoms with Crippen LogP contribution in [0.5, 0.6) is 5.75 Å². The van der Waals surface area contributed by atoms with Crippen LogP contribution in [0.4, 0.5) is 5.69 Å². The van der Waals surface area contributed by atoms with Gasteiger partial charge in [-0.2, -0.15) is 0 Å². The molecule has 2 aliphatic heterocycles. The van der Waals surface area contributed by atoms with Crippen LogP contribution < -0.4 is 10.1 Å². The van der Waals surface area contributed by atoms with Crippen LogP contribution >= 0.6 is 0 Å². The fourth-order valence-electron chi connectivity index (χ4n) is 4.93. The zero-order chi connectivity index (χ0) is 20.9. The maximum Gasteiger partial charge on any atom is 0.224 e. The van der Waals surface area contributed by atoms with Crippen LogP contribution in [0.1, 0.15) is 54.7 Å². The van der Waals surface area contributed by atoms with Gasteiger partial charge in [0.15, 0.2) is 0 Å². The lowest BCUT2D eigenvalue weighted by atomic mass is 9.89. The van der Waals surface area contributed by atoms with Crippen molar-refractivity contribution in [3.05, 3.63) is 59.2 Å². The third-order valence-electron chi connectivity index (χ3n) is 6.80. The first-order valence-electron chi connectivity index (χ1n) is 11.4. The zero-order valence-corrected chi connectivity index (χ0v) is 18.3. The summed E-state index contributed by atoms with van der Waals surface area (Å²) in [5.41, 5.74) is 4.62.